The second-order valence-corrected chi connectivity index (χ2v) is 8.24. The van der Waals surface area contributed by atoms with Gasteiger partial charge in [0.15, 0.2) is 5.78 Å². The summed E-state index contributed by atoms with van der Waals surface area (Å²) in [6, 6.07) is 0. The van der Waals surface area contributed by atoms with Gasteiger partial charge in [-0.15, -0.1) is 0 Å². The highest BCUT2D eigenvalue weighted by Crippen LogP contribution is 2.71. The van der Waals surface area contributed by atoms with Gasteiger partial charge in [0, 0.05) is 6.42 Å². The summed E-state index contributed by atoms with van der Waals surface area (Å²) in [5, 5.41) is 0. The molecule has 0 radical (unpaired) electrons. The van der Waals surface area contributed by atoms with E-state index in [1.54, 1.807) is 11.1 Å². The van der Waals surface area contributed by atoms with E-state index >= 15 is 0 Å². The van der Waals surface area contributed by atoms with Crippen molar-refractivity contribution >= 4 is 5.78 Å². The van der Waals surface area contributed by atoms with Crippen molar-refractivity contribution in [2.75, 3.05) is 0 Å². The Bertz CT molecular complexity index is 566. The molecule has 106 valence electrons. The molecule has 5 rings (SSSR count). The van der Waals surface area contributed by atoms with Crippen LogP contribution in [0.25, 0.3) is 0 Å². The number of hydrogen-bond donors (Lipinski definition) is 0. The minimum Gasteiger partial charge on any atom is -0.295 e. The smallest absolute Gasteiger partial charge is 0.156 e. The van der Waals surface area contributed by atoms with E-state index in [0.29, 0.717) is 11.2 Å². The fourth-order valence-corrected chi connectivity index (χ4v) is 6.43. The van der Waals surface area contributed by atoms with Crippen LogP contribution in [0.2, 0.25) is 0 Å². The van der Waals surface area contributed by atoms with Crippen LogP contribution >= 0.6 is 0 Å². The van der Waals surface area contributed by atoms with Gasteiger partial charge >= 0.3 is 0 Å². The molecule has 5 atom stereocenters. The Morgan fingerprint density at radius 2 is 1.95 bits per heavy atom. The van der Waals surface area contributed by atoms with Crippen LogP contribution in [0.3, 0.4) is 0 Å². The van der Waals surface area contributed by atoms with E-state index in [-0.39, 0.29) is 0 Å². The van der Waals surface area contributed by atoms with Crippen molar-refractivity contribution in [1.29, 1.82) is 0 Å². The van der Waals surface area contributed by atoms with Crippen molar-refractivity contribution in [3.05, 3.63) is 22.8 Å². The molecule has 0 aromatic rings. The molecule has 1 heteroatoms. The van der Waals surface area contributed by atoms with Crippen LogP contribution < -0.4 is 0 Å². The normalized spacial score (nSPS) is 49.0. The first-order valence-electron chi connectivity index (χ1n) is 8.62. The second-order valence-electron chi connectivity index (χ2n) is 8.24. The average Bonchev–Trinajstić information content (AvgIpc) is 3.16. The first kappa shape index (κ1) is 11.8. The summed E-state index contributed by atoms with van der Waals surface area (Å²) in [6.45, 7) is 2.60. The van der Waals surface area contributed by atoms with Gasteiger partial charge in [0.05, 0.1) is 0 Å². The number of rotatable bonds is 0. The summed E-state index contributed by atoms with van der Waals surface area (Å²) >= 11 is 0. The largest absolute Gasteiger partial charge is 0.295 e. The molecule has 0 heterocycles. The molecule has 0 unspecified atom stereocenters. The highest BCUT2D eigenvalue weighted by Gasteiger charge is 2.63. The molecule has 5 aliphatic carbocycles. The fourth-order valence-electron chi connectivity index (χ4n) is 6.43. The van der Waals surface area contributed by atoms with E-state index < -0.39 is 0 Å². The highest BCUT2D eigenvalue weighted by molar-refractivity contribution is 5.93. The predicted octanol–water partition coefficient (Wildman–Crippen LogP) is 4.44. The molecule has 0 amide bonds. The Labute approximate surface area is 121 Å². The van der Waals surface area contributed by atoms with Crippen LogP contribution in [-0.4, -0.2) is 5.78 Å². The maximum Gasteiger partial charge on any atom is 0.156 e. The van der Waals surface area contributed by atoms with Gasteiger partial charge in [-0.3, -0.25) is 4.79 Å². The number of allylic oxidation sites excluding steroid dienone is 4. The van der Waals surface area contributed by atoms with E-state index in [4.69, 9.17) is 0 Å². The molecule has 3 fully saturated rings. The molecule has 0 aromatic heterocycles. The Morgan fingerprint density at radius 1 is 1.10 bits per heavy atom. The lowest BCUT2D eigenvalue weighted by Crippen LogP contribution is -2.39. The summed E-state index contributed by atoms with van der Waals surface area (Å²) in [6.07, 6.45) is 12.1. The summed E-state index contributed by atoms with van der Waals surface area (Å²) in [4.78, 5) is 11.7. The number of carbonyl (C=O) groups excluding carboxylic acids is 1. The molecule has 0 aliphatic heterocycles. The number of hydrogen-bond acceptors (Lipinski definition) is 1. The SMILES string of the molecule is C[C@]12CCC3=C4CCC(=O)C=C4CC[C@H]3[C@@H]1C[C@H]1C[C@H]12. The van der Waals surface area contributed by atoms with Crippen molar-refractivity contribution in [1.82, 2.24) is 0 Å². The van der Waals surface area contributed by atoms with Crippen molar-refractivity contribution < 1.29 is 4.79 Å². The van der Waals surface area contributed by atoms with Gasteiger partial charge in [-0.05, 0) is 91.3 Å². The van der Waals surface area contributed by atoms with Crippen LogP contribution in [-0.2, 0) is 4.79 Å². The van der Waals surface area contributed by atoms with E-state index in [2.05, 4.69) is 6.92 Å². The van der Waals surface area contributed by atoms with Gasteiger partial charge < -0.3 is 0 Å². The molecular weight excluding hydrogens is 244 g/mol. The number of carbonyl (C=O) groups is 1. The molecule has 0 saturated heterocycles. The molecule has 5 aliphatic rings. The molecule has 0 aromatic carbocycles. The lowest BCUT2D eigenvalue weighted by atomic mass is 9.56. The summed E-state index contributed by atoms with van der Waals surface area (Å²) < 4.78 is 0. The van der Waals surface area contributed by atoms with Crippen LogP contribution in [0.1, 0.15) is 58.3 Å². The third-order valence-electron chi connectivity index (χ3n) is 7.50. The quantitative estimate of drug-likeness (QED) is 0.635. The van der Waals surface area contributed by atoms with Crippen molar-refractivity contribution in [2.45, 2.75) is 58.3 Å². The van der Waals surface area contributed by atoms with Crippen LogP contribution in [0.4, 0.5) is 0 Å². The summed E-state index contributed by atoms with van der Waals surface area (Å²) in [5.41, 5.74) is 5.51. The molecular formula is C19H24O. The van der Waals surface area contributed by atoms with Crippen LogP contribution in [0, 0.1) is 29.1 Å². The highest BCUT2D eigenvalue weighted by atomic mass is 16.1. The fraction of sp³-hybridized carbons (Fsp3) is 0.737. The third-order valence-corrected chi connectivity index (χ3v) is 7.50. The zero-order valence-electron chi connectivity index (χ0n) is 12.5. The van der Waals surface area contributed by atoms with Gasteiger partial charge in [0.1, 0.15) is 0 Å². The van der Waals surface area contributed by atoms with Crippen molar-refractivity contribution in [3.63, 3.8) is 0 Å². The standard InChI is InChI=1S/C19H24O/c1-19-7-6-15-14-5-3-13(20)8-11(14)2-4-16(15)18(19)10-12-9-17(12)19/h8,12,16-18H,2-7,9-10H2,1H3/t12-,16-,17-,18+,19-/m1/s1. The van der Waals surface area contributed by atoms with Gasteiger partial charge in [0.25, 0.3) is 0 Å². The molecule has 0 bridgehead atoms. The van der Waals surface area contributed by atoms with Gasteiger partial charge in [0.2, 0.25) is 0 Å². The molecule has 20 heavy (non-hydrogen) atoms. The lowest BCUT2D eigenvalue weighted by Gasteiger charge is -2.48. The van der Waals surface area contributed by atoms with Gasteiger partial charge in [-0.1, -0.05) is 12.5 Å². The Hall–Kier alpha value is -0.850. The van der Waals surface area contributed by atoms with Crippen LogP contribution in [0.15, 0.2) is 22.8 Å². The minimum absolute atomic E-state index is 0.366. The van der Waals surface area contributed by atoms with Crippen molar-refractivity contribution in [3.8, 4) is 0 Å². The van der Waals surface area contributed by atoms with E-state index in [0.717, 1.165) is 36.5 Å². The molecule has 0 N–H and O–H groups in total. The average molecular weight is 268 g/mol. The zero-order valence-corrected chi connectivity index (χ0v) is 12.5. The van der Waals surface area contributed by atoms with Gasteiger partial charge in [-0.25, -0.2) is 0 Å². The first-order chi connectivity index (χ1) is 9.67. The number of ketones is 1. The minimum atomic E-state index is 0.366. The Balaban J connectivity index is 1.57. The van der Waals surface area contributed by atoms with Gasteiger partial charge in [-0.2, -0.15) is 0 Å². The second kappa shape index (κ2) is 3.67. The van der Waals surface area contributed by atoms with E-state index in [1.807, 2.05) is 6.08 Å². The molecule has 0 spiro atoms. The first-order valence-corrected chi connectivity index (χ1v) is 8.62. The summed E-state index contributed by atoms with van der Waals surface area (Å²) in [7, 11) is 0. The number of fused-ring (bicyclic) bond motifs is 6. The topological polar surface area (TPSA) is 17.1 Å². The molecule has 1 nitrogen and oxygen atoms in total. The Kier molecular flexibility index (Phi) is 2.16. The molecule has 3 saturated carbocycles. The monoisotopic (exact) mass is 268 g/mol. The zero-order chi connectivity index (χ0) is 13.5. The summed E-state index contributed by atoms with van der Waals surface area (Å²) in [5.74, 6) is 4.37. The Morgan fingerprint density at radius 3 is 2.85 bits per heavy atom. The maximum atomic E-state index is 11.7. The third kappa shape index (κ3) is 1.37. The maximum absolute atomic E-state index is 11.7. The van der Waals surface area contributed by atoms with Crippen LogP contribution in [0.5, 0.6) is 0 Å². The van der Waals surface area contributed by atoms with E-state index in [9.17, 15) is 4.79 Å². The van der Waals surface area contributed by atoms with Crippen molar-refractivity contribution in [2.24, 2.45) is 29.1 Å². The van der Waals surface area contributed by atoms with E-state index in [1.165, 1.54) is 44.1 Å². The predicted molar refractivity (Wildman–Crippen MR) is 79.1 cm³/mol. The lowest BCUT2D eigenvalue weighted by molar-refractivity contribution is -0.114.